The van der Waals surface area contributed by atoms with Crippen LogP contribution in [-0.2, 0) is 5.11 Å². The molecule has 1 nitrogen and oxygen atoms in total. The Hall–Kier alpha value is -1.08. The Balaban J connectivity index is 3.04. The Kier molecular flexibility index (Phi) is 3.06. The highest BCUT2D eigenvalue weighted by atomic mass is 16.2. The van der Waals surface area contributed by atoms with Crippen molar-refractivity contribution in [1.82, 2.24) is 0 Å². The summed E-state index contributed by atoms with van der Waals surface area (Å²) in [4.78, 5) is 0. The normalized spacial score (nSPS) is 10.9. The molecular weight excluding hydrogens is 148 g/mol. The minimum Gasteiger partial charge on any atom is -0.232 e. The Labute approximate surface area is 73.4 Å². The van der Waals surface area contributed by atoms with Gasteiger partial charge in [-0.15, -0.1) is 0 Å². The molecule has 0 saturated heterocycles. The van der Waals surface area contributed by atoms with E-state index in [-0.39, 0.29) is 6.61 Å². The molecule has 0 heterocycles. The maximum atomic E-state index is 10.2. The van der Waals surface area contributed by atoms with Gasteiger partial charge in [0, 0.05) is 0 Å². The summed E-state index contributed by atoms with van der Waals surface area (Å²) in [5, 5.41) is 10.2. The van der Waals surface area contributed by atoms with Crippen molar-refractivity contribution in [3.8, 4) is 0 Å². The second-order valence-corrected chi connectivity index (χ2v) is 2.87. The number of benzene rings is 1. The summed E-state index contributed by atoms with van der Waals surface area (Å²) in [6.07, 6.45) is 3.55. The molecule has 0 spiro atoms. The second kappa shape index (κ2) is 4.07. The van der Waals surface area contributed by atoms with Crippen molar-refractivity contribution in [3.63, 3.8) is 0 Å². The number of aryl methyl sites for hydroxylation is 2. The fourth-order valence-corrected chi connectivity index (χ4v) is 1.26. The predicted molar refractivity (Wildman–Crippen MR) is 50.5 cm³/mol. The number of hydrogen-bond acceptors (Lipinski definition) is 0. The molecule has 1 aromatic rings. The highest BCUT2D eigenvalue weighted by molar-refractivity contribution is 5.57. The highest BCUT2D eigenvalue weighted by Gasteiger charge is 1.95. The average molecular weight is 161 g/mol. The predicted octanol–water partition coefficient (Wildman–Crippen LogP) is 2.75. The lowest BCUT2D eigenvalue weighted by molar-refractivity contribution is 0.233. The molecule has 12 heavy (non-hydrogen) atoms. The molecule has 0 aliphatic rings. The first kappa shape index (κ1) is 9.01. The lowest BCUT2D eigenvalue weighted by atomic mass is 10.0. The largest absolute Gasteiger partial charge is 0.232 e. The van der Waals surface area contributed by atoms with Crippen LogP contribution in [0, 0.1) is 13.8 Å². The standard InChI is InChI=1S/C11H13O/c1-9-5-3-6-10(2)11(9)7-4-8-12/h3-7H,8H2,1-2H3. The monoisotopic (exact) mass is 161 g/mol. The van der Waals surface area contributed by atoms with Crippen LogP contribution in [0.3, 0.4) is 0 Å². The van der Waals surface area contributed by atoms with Gasteiger partial charge < -0.3 is 0 Å². The first-order valence-corrected chi connectivity index (χ1v) is 4.06. The molecule has 1 aromatic carbocycles. The fourth-order valence-electron chi connectivity index (χ4n) is 1.26. The Morgan fingerprint density at radius 2 is 1.83 bits per heavy atom. The van der Waals surface area contributed by atoms with Crippen LogP contribution in [0.2, 0.25) is 0 Å². The third-order valence-electron chi connectivity index (χ3n) is 1.92. The van der Waals surface area contributed by atoms with Crippen molar-refractivity contribution in [2.24, 2.45) is 0 Å². The zero-order chi connectivity index (χ0) is 8.97. The lowest BCUT2D eigenvalue weighted by Gasteiger charge is -2.03. The van der Waals surface area contributed by atoms with Crippen molar-refractivity contribution in [3.05, 3.63) is 41.0 Å². The summed E-state index contributed by atoms with van der Waals surface area (Å²) in [6, 6.07) is 6.13. The minimum atomic E-state index is -0.145. The van der Waals surface area contributed by atoms with E-state index in [0.717, 1.165) is 0 Å². The molecule has 0 saturated carbocycles. The Morgan fingerprint density at radius 1 is 1.25 bits per heavy atom. The first-order valence-electron chi connectivity index (χ1n) is 4.06. The number of rotatable bonds is 2. The van der Waals surface area contributed by atoms with E-state index in [1.165, 1.54) is 16.7 Å². The molecule has 1 radical (unpaired) electrons. The third-order valence-corrected chi connectivity index (χ3v) is 1.92. The summed E-state index contributed by atoms with van der Waals surface area (Å²) in [5.41, 5.74) is 3.62. The average Bonchev–Trinajstić information content (AvgIpc) is 2.04. The van der Waals surface area contributed by atoms with Crippen LogP contribution < -0.4 is 0 Å². The van der Waals surface area contributed by atoms with E-state index in [9.17, 15) is 5.11 Å². The Bertz CT molecular complexity index is 267. The van der Waals surface area contributed by atoms with Crippen molar-refractivity contribution >= 4 is 6.08 Å². The van der Waals surface area contributed by atoms with Crippen LogP contribution in [0.1, 0.15) is 16.7 Å². The molecule has 0 aliphatic heterocycles. The van der Waals surface area contributed by atoms with E-state index in [1.807, 2.05) is 12.1 Å². The maximum Gasteiger partial charge on any atom is 0.101 e. The number of hydrogen-bond donors (Lipinski definition) is 0. The third kappa shape index (κ3) is 1.95. The molecule has 0 atom stereocenters. The van der Waals surface area contributed by atoms with Crippen LogP contribution in [0.5, 0.6) is 0 Å². The van der Waals surface area contributed by atoms with Gasteiger partial charge in [-0.25, -0.2) is 5.11 Å². The van der Waals surface area contributed by atoms with E-state index >= 15 is 0 Å². The van der Waals surface area contributed by atoms with Crippen molar-refractivity contribution in [2.75, 3.05) is 6.61 Å². The van der Waals surface area contributed by atoms with E-state index < -0.39 is 0 Å². The van der Waals surface area contributed by atoms with E-state index in [0.29, 0.717) is 0 Å². The van der Waals surface area contributed by atoms with Crippen molar-refractivity contribution in [1.29, 1.82) is 0 Å². The summed E-state index contributed by atoms with van der Waals surface area (Å²) >= 11 is 0. The van der Waals surface area contributed by atoms with Gasteiger partial charge in [0.2, 0.25) is 0 Å². The Morgan fingerprint density at radius 3 is 2.33 bits per heavy atom. The molecule has 0 aliphatic carbocycles. The summed E-state index contributed by atoms with van der Waals surface area (Å²) in [6.45, 7) is 3.96. The van der Waals surface area contributed by atoms with Gasteiger partial charge in [0.15, 0.2) is 0 Å². The quantitative estimate of drug-likeness (QED) is 0.635. The van der Waals surface area contributed by atoms with Crippen molar-refractivity contribution in [2.45, 2.75) is 13.8 Å². The SMILES string of the molecule is Cc1cccc(C)c1C=CC[O]. The summed E-state index contributed by atoms with van der Waals surface area (Å²) in [5.74, 6) is 0. The molecule has 0 bridgehead atoms. The molecule has 1 heteroatoms. The van der Waals surface area contributed by atoms with E-state index in [2.05, 4.69) is 26.0 Å². The molecule has 0 amide bonds. The topological polar surface area (TPSA) is 19.9 Å². The van der Waals surface area contributed by atoms with Crippen LogP contribution >= 0.6 is 0 Å². The molecule has 0 fully saturated rings. The van der Waals surface area contributed by atoms with Gasteiger partial charge in [-0.1, -0.05) is 30.4 Å². The van der Waals surface area contributed by atoms with Gasteiger partial charge >= 0.3 is 0 Å². The highest BCUT2D eigenvalue weighted by Crippen LogP contribution is 2.14. The summed E-state index contributed by atoms with van der Waals surface area (Å²) in [7, 11) is 0. The smallest absolute Gasteiger partial charge is 0.101 e. The van der Waals surface area contributed by atoms with Gasteiger partial charge in [-0.05, 0) is 30.5 Å². The maximum absolute atomic E-state index is 10.2. The lowest BCUT2D eigenvalue weighted by Crippen LogP contribution is -1.85. The molecule has 1 rings (SSSR count). The van der Waals surface area contributed by atoms with Gasteiger partial charge in [-0.2, -0.15) is 0 Å². The van der Waals surface area contributed by atoms with E-state index in [4.69, 9.17) is 0 Å². The fraction of sp³-hybridized carbons (Fsp3) is 0.273. The molecule has 0 aromatic heterocycles. The second-order valence-electron chi connectivity index (χ2n) is 2.87. The summed E-state index contributed by atoms with van der Waals surface area (Å²) < 4.78 is 0. The van der Waals surface area contributed by atoms with Crippen LogP contribution in [-0.4, -0.2) is 6.61 Å². The first-order chi connectivity index (χ1) is 5.75. The van der Waals surface area contributed by atoms with Gasteiger partial charge in [0.25, 0.3) is 0 Å². The van der Waals surface area contributed by atoms with Crippen LogP contribution in [0.25, 0.3) is 6.08 Å². The van der Waals surface area contributed by atoms with Gasteiger partial charge in [0.1, 0.15) is 6.61 Å². The molecule has 0 unspecified atom stereocenters. The van der Waals surface area contributed by atoms with Crippen LogP contribution in [0.15, 0.2) is 24.3 Å². The molecular formula is C11H13O. The van der Waals surface area contributed by atoms with E-state index in [1.54, 1.807) is 6.08 Å². The molecule has 63 valence electrons. The zero-order valence-electron chi connectivity index (χ0n) is 7.50. The van der Waals surface area contributed by atoms with Gasteiger partial charge in [-0.3, -0.25) is 0 Å². The molecule has 0 N–H and O–H groups in total. The van der Waals surface area contributed by atoms with Crippen molar-refractivity contribution < 1.29 is 5.11 Å². The van der Waals surface area contributed by atoms with Gasteiger partial charge in [0.05, 0.1) is 0 Å². The van der Waals surface area contributed by atoms with Crippen LogP contribution in [0.4, 0.5) is 0 Å². The zero-order valence-corrected chi connectivity index (χ0v) is 7.50. The minimum absolute atomic E-state index is 0.145.